The number of halogens is 2. The number of nitrogens with zero attached hydrogens (tertiary/aromatic N) is 1. The molecule has 3 rings (SSSR count). The number of hydrogen-bond acceptors (Lipinski definition) is 4. The van der Waals surface area contributed by atoms with Crippen molar-refractivity contribution in [1.82, 2.24) is 0 Å². The van der Waals surface area contributed by atoms with Crippen molar-refractivity contribution in [2.75, 3.05) is 35.9 Å². The average Bonchev–Trinajstić information content (AvgIpc) is 2.56. The summed E-state index contributed by atoms with van der Waals surface area (Å²) in [5.74, 6) is 0. The molecule has 0 radical (unpaired) electrons. The summed E-state index contributed by atoms with van der Waals surface area (Å²) in [4.78, 5) is 2.16. The molecule has 0 aliphatic carbocycles. The number of rotatable bonds is 4. The lowest BCUT2D eigenvalue weighted by Gasteiger charge is -2.31. The molecule has 1 aliphatic rings. The van der Waals surface area contributed by atoms with E-state index in [9.17, 15) is 8.42 Å². The summed E-state index contributed by atoms with van der Waals surface area (Å²) in [5, 5.41) is 0.971. The lowest BCUT2D eigenvalue weighted by atomic mass is 10.2. The van der Waals surface area contributed by atoms with Crippen molar-refractivity contribution < 1.29 is 13.2 Å². The Hall–Kier alpha value is -1.47. The van der Waals surface area contributed by atoms with E-state index < -0.39 is 10.0 Å². The van der Waals surface area contributed by atoms with Gasteiger partial charge in [-0.3, -0.25) is 4.72 Å². The van der Waals surface area contributed by atoms with Gasteiger partial charge in [0.1, 0.15) is 0 Å². The Labute approximate surface area is 151 Å². The zero-order valence-corrected chi connectivity index (χ0v) is 15.0. The van der Waals surface area contributed by atoms with Crippen molar-refractivity contribution in [3.63, 3.8) is 0 Å². The summed E-state index contributed by atoms with van der Waals surface area (Å²) < 4.78 is 33.2. The summed E-state index contributed by atoms with van der Waals surface area (Å²) >= 11 is 12.1. The molecule has 0 saturated carbocycles. The van der Waals surface area contributed by atoms with Crippen molar-refractivity contribution in [2.45, 2.75) is 4.90 Å². The van der Waals surface area contributed by atoms with Crippen LogP contribution < -0.4 is 9.62 Å². The van der Waals surface area contributed by atoms with Gasteiger partial charge in [-0.1, -0.05) is 29.3 Å². The third kappa shape index (κ3) is 3.78. The molecule has 128 valence electrons. The van der Waals surface area contributed by atoms with Gasteiger partial charge >= 0.3 is 0 Å². The van der Waals surface area contributed by atoms with E-state index in [1.54, 1.807) is 18.2 Å². The summed E-state index contributed by atoms with van der Waals surface area (Å²) in [6, 6.07) is 11.2. The number of nitrogens with one attached hydrogen (secondary N) is 1. The fourth-order valence-electron chi connectivity index (χ4n) is 2.52. The topological polar surface area (TPSA) is 58.6 Å². The minimum Gasteiger partial charge on any atom is -0.378 e. The molecule has 1 heterocycles. The van der Waals surface area contributed by atoms with E-state index in [0.29, 0.717) is 47.7 Å². The monoisotopic (exact) mass is 386 g/mol. The van der Waals surface area contributed by atoms with Crippen LogP contribution in [0.1, 0.15) is 0 Å². The molecule has 0 unspecified atom stereocenters. The van der Waals surface area contributed by atoms with E-state index in [4.69, 9.17) is 27.9 Å². The maximum atomic E-state index is 12.6. The van der Waals surface area contributed by atoms with Crippen LogP contribution in [0.5, 0.6) is 0 Å². The zero-order chi connectivity index (χ0) is 17.2. The molecule has 24 heavy (non-hydrogen) atoms. The molecule has 1 N–H and O–H groups in total. The molecular formula is C16H16Cl2N2O3S. The number of ether oxygens (including phenoxy) is 1. The van der Waals surface area contributed by atoms with E-state index in [1.165, 1.54) is 24.3 Å². The van der Waals surface area contributed by atoms with Gasteiger partial charge in [0.25, 0.3) is 10.0 Å². The first-order valence-corrected chi connectivity index (χ1v) is 9.61. The van der Waals surface area contributed by atoms with Crippen LogP contribution in [0.4, 0.5) is 11.4 Å². The molecule has 1 saturated heterocycles. The van der Waals surface area contributed by atoms with Gasteiger partial charge in [0.2, 0.25) is 0 Å². The average molecular weight is 387 g/mol. The molecular weight excluding hydrogens is 371 g/mol. The van der Waals surface area contributed by atoms with Crippen LogP contribution in [-0.2, 0) is 14.8 Å². The maximum absolute atomic E-state index is 12.6. The van der Waals surface area contributed by atoms with Crippen molar-refractivity contribution in [2.24, 2.45) is 0 Å². The van der Waals surface area contributed by atoms with E-state index in [1.807, 2.05) is 4.90 Å². The fourth-order valence-corrected chi connectivity index (χ4v) is 4.01. The minimum atomic E-state index is -3.73. The Morgan fingerprint density at radius 2 is 1.67 bits per heavy atom. The number of sulfonamides is 1. The third-order valence-electron chi connectivity index (χ3n) is 3.68. The SMILES string of the molecule is O=S(=O)(Nc1cccc(Cl)c1N1CCOCC1)c1ccc(Cl)cc1. The number of hydrogen-bond donors (Lipinski definition) is 1. The highest BCUT2D eigenvalue weighted by atomic mass is 35.5. The van der Waals surface area contributed by atoms with Crippen molar-refractivity contribution in [1.29, 1.82) is 0 Å². The highest BCUT2D eigenvalue weighted by molar-refractivity contribution is 7.92. The number of morpholine rings is 1. The molecule has 0 spiro atoms. The lowest BCUT2D eigenvalue weighted by Crippen LogP contribution is -2.37. The van der Waals surface area contributed by atoms with Crippen LogP contribution in [0, 0.1) is 0 Å². The van der Waals surface area contributed by atoms with Gasteiger partial charge in [-0.2, -0.15) is 0 Å². The molecule has 1 aliphatic heterocycles. The number of anilines is 2. The molecule has 0 amide bonds. The summed E-state index contributed by atoms with van der Waals surface area (Å²) in [6.07, 6.45) is 0. The molecule has 8 heteroatoms. The van der Waals surface area contributed by atoms with Crippen LogP contribution in [-0.4, -0.2) is 34.7 Å². The summed E-state index contributed by atoms with van der Waals surface area (Å²) in [6.45, 7) is 2.46. The Morgan fingerprint density at radius 1 is 1.00 bits per heavy atom. The lowest BCUT2D eigenvalue weighted by molar-refractivity contribution is 0.123. The van der Waals surface area contributed by atoms with Crippen molar-refractivity contribution in [3.05, 3.63) is 52.5 Å². The highest BCUT2D eigenvalue weighted by Crippen LogP contribution is 2.35. The highest BCUT2D eigenvalue weighted by Gasteiger charge is 2.21. The Kier molecular flexibility index (Phi) is 5.20. The molecule has 0 bridgehead atoms. The molecule has 0 aromatic heterocycles. The normalized spacial score (nSPS) is 15.3. The van der Waals surface area contributed by atoms with Gasteiger partial charge in [0.05, 0.1) is 34.5 Å². The van der Waals surface area contributed by atoms with Gasteiger partial charge in [0, 0.05) is 18.1 Å². The van der Waals surface area contributed by atoms with E-state index in [0.717, 1.165) is 0 Å². The van der Waals surface area contributed by atoms with Gasteiger partial charge in [0.15, 0.2) is 0 Å². The first kappa shape index (κ1) is 17.4. The second-order valence-electron chi connectivity index (χ2n) is 5.29. The molecule has 5 nitrogen and oxygen atoms in total. The number of benzene rings is 2. The van der Waals surface area contributed by atoms with Crippen molar-refractivity contribution >= 4 is 44.6 Å². The number of para-hydroxylation sites is 1. The van der Waals surface area contributed by atoms with E-state index in [-0.39, 0.29) is 4.90 Å². The van der Waals surface area contributed by atoms with Gasteiger partial charge in [-0.05, 0) is 36.4 Å². The second kappa shape index (κ2) is 7.19. The standard InChI is InChI=1S/C16H16Cl2N2O3S/c17-12-4-6-13(7-5-12)24(21,22)19-15-3-1-2-14(18)16(15)20-8-10-23-11-9-20/h1-7,19H,8-11H2. The molecule has 2 aromatic carbocycles. The second-order valence-corrected chi connectivity index (χ2v) is 7.82. The predicted octanol–water partition coefficient (Wildman–Crippen LogP) is 3.63. The first-order chi connectivity index (χ1) is 11.5. The summed E-state index contributed by atoms with van der Waals surface area (Å²) in [5.41, 5.74) is 1.11. The Bertz CT molecular complexity index is 820. The van der Waals surface area contributed by atoms with Crippen LogP contribution in [0.3, 0.4) is 0 Å². The smallest absolute Gasteiger partial charge is 0.261 e. The minimum absolute atomic E-state index is 0.139. The van der Waals surface area contributed by atoms with Gasteiger partial charge in [-0.25, -0.2) is 8.42 Å². The van der Waals surface area contributed by atoms with Crippen molar-refractivity contribution in [3.8, 4) is 0 Å². The first-order valence-electron chi connectivity index (χ1n) is 7.37. The zero-order valence-electron chi connectivity index (χ0n) is 12.7. The summed E-state index contributed by atoms with van der Waals surface area (Å²) in [7, 11) is -3.73. The van der Waals surface area contributed by atoms with Crippen LogP contribution >= 0.6 is 23.2 Å². The van der Waals surface area contributed by atoms with Crippen LogP contribution in [0.2, 0.25) is 10.0 Å². The van der Waals surface area contributed by atoms with Crippen LogP contribution in [0.15, 0.2) is 47.4 Å². The molecule has 2 aromatic rings. The Morgan fingerprint density at radius 3 is 2.33 bits per heavy atom. The van der Waals surface area contributed by atoms with Crippen LogP contribution in [0.25, 0.3) is 0 Å². The third-order valence-corrected chi connectivity index (χ3v) is 5.62. The maximum Gasteiger partial charge on any atom is 0.261 e. The largest absolute Gasteiger partial charge is 0.378 e. The van der Waals surface area contributed by atoms with Gasteiger partial charge < -0.3 is 9.64 Å². The van der Waals surface area contributed by atoms with E-state index in [2.05, 4.69) is 4.72 Å². The fraction of sp³-hybridized carbons (Fsp3) is 0.250. The molecule has 1 fully saturated rings. The Balaban J connectivity index is 1.94. The molecule has 0 atom stereocenters. The van der Waals surface area contributed by atoms with Gasteiger partial charge in [-0.15, -0.1) is 0 Å². The van der Waals surface area contributed by atoms with E-state index >= 15 is 0 Å². The quantitative estimate of drug-likeness (QED) is 0.871. The predicted molar refractivity (Wildman–Crippen MR) is 96.7 cm³/mol.